The number of nitrogens with two attached hydrogens (primary N) is 1. The number of nitrogens with one attached hydrogen (secondary N) is 1. The van der Waals surface area contributed by atoms with Gasteiger partial charge in [0.25, 0.3) is 0 Å². The van der Waals surface area contributed by atoms with E-state index in [0.29, 0.717) is 17.7 Å². The molecule has 4 heteroatoms. The van der Waals surface area contributed by atoms with Crippen LogP contribution in [-0.4, -0.2) is 16.5 Å². The van der Waals surface area contributed by atoms with Crippen molar-refractivity contribution in [1.29, 1.82) is 0 Å². The van der Waals surface area contributed by atoms with E-state index in [1.54, 1.807) is 12.3 Å². The molecule has 1 aromatic rings. The topological polar surface area (TPSA) is 63.8 Å². The number of rotatable bonds is 4. The van der Waals surface area contributed by atoms with E-state index < -0.39 is 0 Å². The first-order chi connectivity index (χ1) is 6.75. The Balaban J connectivity index is 1.84. The van der Waals surface area contributed by atoms with Crippen molar-refractivity contribution in [3.05, 3.63) is 12.3 Å². The highest BCUT2D eigenvalue weighted by Gasteiger charge is 2.27. The van der Waals surface area contributed by atoms with E-state index in [0.717, 1.165) is 12.5 Å². The molecule has 1 aliphatic carbocycles. The summed E-state index contributed by atoms with van der Waals surface area (Å²) in [7, 11) is 0. The molecule has 1 saturated carbocycles. The molecular formula is C10H16N4. The standard InChI is InChI=1S/C10H16N4/c1-7(8-2-3-8)6-13-10-12-5-4-9(11)14-10/h4-5,7-8H,2-3,6H2,1H3,(H3,11,12,13,14). The van der Waals surface area contributed by atoms with Crippen LogP contribution in [0.4, 0.5) is 11.8 Å². The third-order valence-electron chi connectivity index (χ3n) is 2.69. The normalized spacial score (nSPS) is 17.8. The van der Waals surface area contributed by atoms with Gasteiger partial charge in [-0.05, 0) is 30.7 Å². The third kappa shape index (κ3) is 2.34. The Morgan fingerprint density at radius 2 is 2.43 bits per heavy atom. The summed E-state index contributed by atoms with van der Waals surface area (Å²) in [6, 6.07) is 1.69. The lowest BCUT2D eigenvalue weighted by Gasteiger charge is -2.10. The number of nitrogens with zero attached hydrogens (tertiary/aromatic N) is 2. The minimum Gasteiger partial charge on any atom is -0.384 e. The molecule has 0 bridgehead atoms. The van der Waals surface area contributed by atoms with E-state index in [-0.39, 0.29) is 0 Å². The number of anilines is 2. The van der Waals surface area contributed by atoms with Crippen LogP contribution in [0.5, 0.6) is 0 Å². The van der Waals surface area contributed by atoms with Gasteiger partial charge in [0.15, 0.2) is 0 Å². The molecule has 1 unspecified atom stereocenters. The lowest BCUT2D eigenvalue weighted by Crippen LogP contribution is -2.14. The summed E-state index contributed by atoms with van der Waals surface area (Å²) in [6.07, 6.45) is 4.42. The van der Waals surface area contributed by atoms with Crippen LogP contribution in [0.25, 0.3) is 0 Å². The zero-order valence-electron chi connectivity index (χ0n) is 8.40. The van der Waals surface area contributed by atoms with E-state index >= 15 is 0 Å². The van der Waals surface area contributed by atoms with Crippen LogP contribution in [0, 0.1) is 11.8 Å². The summed E-state index contributed by atoms with van der Waals surface area (Å²) in [4.78, 5) is 8.17. The van der Waals surface area contributed by atoms with Gasteiger partial charge in [-0.25, -0.2) is 4.98 Å². The van der Waals surface area contributed by atoms with Gasteiger partial charge in [-0.15, -0.1) is 0 Å². The van der Waals surface area contributed by atoms with Crippen molar-refractivity contribution in [1.82, 2.24) is 9.97 Å². The third-order valence-corrected chi connectivity index (χ3v) is 2.69. The summed E-state index contributed by atoms with van der Waals surface area (Å²) in [5, 5.41) is 3.20. The zero-order chi connectivity index (χ0) is 9.97. The van der Waals surface area contributed by atoms with Gasteiger partial charge in [0, 0.05) is 12.7 Å². The second-order valence-corrected chi connectivity index (χ2v) is 4.00. The molecular weight excluding hydrogens is 176 g/mol. The summed E-state index contributed by atoms with van der Waals surface area (Å²) in [6.45, 7) is 3.20. The first kappa shape index (κ1) is 9.24. The maximum atomic E-state index is 5.55. The average molecular weight is 192 g/mol. The largest absolute Gasteiger partial charge is 0.384 e. The molecule has 4 nitrogen and oxygen atoms in total. The lowest BCUT2D eigenvalue weighted by atomic mass is 10.1. The molecule has 1 aromatic heterocycles. The van der Waals surface area contributed by atoms with Gasteiger partial charge in [0.2, 0.25) is 5.95 Å². The minimum atomic E-state index is 0.515. The highest BCUT2D eigenvalue weighted by molar-refractivity contribution is 5.34. The number of nitrogen functional groups attached to an aromatic ring is 1. The maximum absolute atomic E-state index is 5.55. The molecule has 0 aliphatic heterocycles. The number of aromatic nitrogens is 2. The second kappa shape index (κ2) is 3.82. The van der Waals surface area contributed by atoms with E-state index in [9.17, 15) is 0 Å². The Morgan fingerprint density at radius 3 is 3.07 bits per heavy atom. The van der Waals surface area contributed by atoms with Gasteiger partial charge in [-0.2, -0.15) is 4.98 Å². The molecule has 1 atom stereocenters. The molecule has 14 heavy (non-hydrogen) atoms. The summed E-state index contributed by atoms with van der Waals surface area (Å²) in [5.74, 6) is 2.77. The van der Waals surface area contributed by atoms with E-state index in [2.05, 4.69) is 22.2 Å². The smallest absolute Gasteiger partial charge is 0.224 e. The fourth-order valence-electron chi connectivity index (χ4n) is 1.54. The highest BCUT2D eigenvalue weighted by Crippen LogP contribution is 2.36. The molecule has 1 aliphatic rings. The van der Waals surface area contributed by atoms with Gasteiger partial charge in [-0.3, -0.25) is 0 Å². The Labute approximate surface area is 83.9 Å². The molecule has 76 valence electrons. The van der Waals surface area contributed by atoms with Gasteiger partial charge < -0.3 is 11.1 Å². The summed E-state index contributed by atoms with van der Waals surface area (Å²) in [5.41, 5.74) is 5.55. The predicted octanol–water partition coefficient (Wildman–Crippen LogP) is 1.52. The van der Waals surface area contributed by atoms with Crippen molar-refractivity contribution < 1.29 is 0 Å². The summed E-state index contributed by atoms with van der Waals surface area (Å²) < 4.78 is 0. The van der Waals surface area contributed by atoms with Gasteiger partial charge in [0.1, 0.15) is 5.82 Å². The molecule has 3 N–H and O–H groups in total. The Morgan fingerprint density at radius 1 is 1.64 bits per heavy atom. The van der Waals surface area contributed by atoms with Crippen molar-refractivity contribution >= 4 is 11.8 Å². The monoisotopic (exact) mass is 192 g/mol. The second-order valence-electron chi connectivity index (χ2n) is 4.00. The van der Waals surface area contributed by atoms with Crippen molar-refractivity contribution in [2.75, 3.05) is 17.6 Å². The molecule has 0 radical (unpaired) electrons. The first-order valence-corrected chi connectivity index (χ1v) is 5.08. The van der Waals surface area contributed by atoms with Gasteiger partial charge >= 0.3 is 0 Å². The minimum absolute atomic E-state index is 0.515. The van der Waals surface area contributed by atoms with Crippen LogP contribution in [0.2, 0.25) is 0 Å². The number of hydrogen-bond donors (Lipinski definition) is 2. The maximum Gasteiger partial charge on any atom is 0.224 e. The fourth-order valence-corrected chi connectivity index (χ4v) is 1.54. The van der Waals surface area contributed by atoms with Crippen LogP contribution in [0.15, 0.2) is 12.3 Å². The van der Waals surface area contributed by atoms with Gasteiger partial charge in [0.05, 0.1) is 0 Å². The fraction of sp³-hybridized carbons (Fsp3) is 0.600. The molecule has 0 saturated heterocycles. The number of hydrogen-bond acceptors (Lipinski definition) is 4. The van der Waals surface area contributed by atoms with Crippen LogP contribution >= 0.6 is 0 Å². The molecule has 0 spiro atoms. The van der Waals surface area contributed by atoms with Crippen LogP contribution in [0.1, 0.15) is 19.8 Å². The van der Waals surface area contributed by atoms with Crippen molar-refractivity contribution in [3.8, 4) is 0 Å². The Kier molecular flexibility index (Phi) is 2.52. The molecule has 0 aromatic carbocycles. The van der Waals surface area contributed by atoms with Crippen LogP contribution in [-0.2, 0) is 0 Å². The SMILES string of the molecule is CC(CNc1nccc(N)n1)C1CC1. The molecule has 0 amide bonds. The van der Waals surface area contributed by atoms with E-state index in [4.69, 9.17) is 5.73 Å². The quantitative estimate of drug-likeness (QED) is 0.759. The van der Waals surface area contributed by atoms with Crippen LogP contribution < -0.4 is 11.1 Å². The van der Waals surface area contributed by atoms with Crippen molar-refractivity contribution in [2.45, 2.75) is 19.8 Å². The van der Waals surface area contributed by atoms with Crippen molar-refractivity contribution in [3.63, 3.8) is 0 Å². The molecule has 2 rings (SSSR count). The Bertz CT molecular complexity index is 309. The van der Waals surface area contributed by atoms with E-state index in [1.165, 1.54) is 12.8 Å². The van der Waals surface area contributed by atoms with Gasteiger partial charge in [-0.1, -0.05) is 6.92 Å². The molecule has 1 heterocycles. The van der Waals surface area contributed by atoms with Crippen LogP contribution in [0.3, 0.4) is 0 Å². The lowest BCUT2D eigenvalue weighted by molar-refractivity contribution is 0.535. The van der Waals surface area contributed by atoms with Crippen molar-refractivity contribution in [2.24, 2.45) is 11.8 Å². The first-order valence-electron chi connectivity index (χ1n) is 5.08. The summed E-state index contributed by atoms with van der Waals surface area (Å²) >= 11 is 0. The Hall–Kier alpha value is -1.32. The highest BCUT2D eigenvalue weighted by atomic mass is 15.1. The predicted molar refractivity (Wildman–Crippen MR) is 56.8 cm³/mol. The molecule has 1 fully saturated rings. The van der Waals surface area contributed by atoms with E-state index in [1.807, 2.05) is 0 Å². The zero-order valence-corrected chi connectivity index (χ0v) is 8.40. The average Bonchev–Trinajstić information content (AvgIpc) is 2.97.